The van der Waals surface area contributed by atoms with Crippen LogP contribution in [0.1, 0.15) is 10.6 Å². The average molecular weight is 223 g/mol. The number of methoxy groups -OCH3 is 1. The highest BCUT2D eigenvalue weighted by Crippen LogP contribution is 2.08. The molecule has 0 N–H and O–H groups in total. The van der Waals surface area contributed by atoms with Gasteiger partial charge in [-0.15, -0.1) is 0 Å². The van der Waals surface area contributed by atoms with Gasteiger partial charge < -0.3 is 14.9 Å². The van der Waals surface area contributed by atoms with Crippen molar-refractivity contribution in [3.05, 3.63) is 15.9 Å². The molecule has 0 saturated carbocycles. The predicted octanol–water partition coefficient (Wildman–Crippen LogP) is -0.320. The van der Waals surface area contributed by atoms with E-state index in [0.717, 1.165) is 7.11 Å². The van der Waals surface area contributed by atoms with Gasteiger partial charge in [-0.3, -0.25) is 0 Å². The lowest BCUT2D eigenvalue weighted by atomic mass is 10.6. The average Bonchev–Trinajstić information content (AvgIpc) is 2.61. The van der Waals surface area contributed by atoms with Crippen LogP contribution in [0.15, 0.2) is 0 Å². The zero-order valence-corrected chi connectivity index (χ0v) is 7.12. The summed E-state index contributed by atoms with van der Waals surface area (Å²) in [5, 5.41) is 12.9. The van der Waals surface area contributed by atoms with Crippen LogP contribution in [0.4, 0.5) is 14.9 Å². The smallest absolute Gasteiger partial charge is 0.462 e. The molecule has 0 aliphatic rings. The fourth-order valence-corrected chi connectivity index (χ4v) is 0.695. The van der Waals surface area contributed by atoms with E-state index in [0.29, 0.717) is 0 Å². The van der Waals surface area contributed by atoms with E-state index in [4.69, 9.17) is 0 Å². The number of hydrogen-bond acceptors (Lipinski definition) is 7. The van der Waals surface area contributed by atoms with Crippen LogP contribution in [-0.4, -0.2) is 32.9 Å². The van der Waals surface area contributed by atoms with Gasteiger partial charge in [-0.05, 0) is 23.7 Å². The van der Waals surface area contributed by atoms with Crippen molar-refractivity contribution in [3.8, 4) is 0 Å². The van der Waals surface area contributed by atoms with Crippen LogP contribution in [-0.2, 0) is 4.74 Å². The van der Waals surface area contributed by atoms with Crippen molar-refractivity contribution in [2.45, 2.75) is 0 Å². The first-order valence-corrected chi connectivity index (χ1v) is 3.29. The van der Waals surface area contributed by atoms with Gasteiger partial charge in [-0.1, -0.05) is 0 Å². The molecule has 0 aliphatic heterocycles. The summed E-state index contributed by atoms with van der Waals surface area (Å²) in [6, 6.07) is 0. The summed E-state index contributed by atoms with van der Waals surface area (Å²) in [4.78, 5) is 22.5. The zero-order chi connectivity index (χ0) is 11.6. The van der Waals surface area contributed by atoms with Crippen LogP contribution in [0.2, 0.25) is 0 Å². The second kappa shape index (κ2) is 3.81. The molecule has 0 saturated heterocycles. The van der Waals surface area contributed by atoms with E-state index in [-0.39, 0.29) is 4.79 Å². The van der Waals surface area contributed by atoms with Gasteiger partial charge in [0.25, 0.3) is 0 Å². The van der Waals surface area contributed by atoms with Crippen LogP contribution < -0.4 is 5.45 Å². The molecular weight excluding hydrogens is 220 g/mol. The molecule has 0 spiro atoms. The third-order valence-corrected chi connectivity index (χ3v) is 1.25. The topological polar surface area (TPSA) is 103 Å². The molecule has 9 nitrogen and oxygen atoms in total. The van der Waals surface area contributed by atoms with Crippen LogP contribution in [0.25, 0.3) is 0 Å². The molecule has 1 aromatic rings. The van der Waals surface area contributed by atoms with E-state index in [1.807, 2.05) is 0 Å². The minimum absolute atomic E-state index is 0.343. The summed E-state index contributed by atoms with van der Waals surface area (Å²) in [5.41, 5.74) is -1.63. The lowest BCUT2D eigenvalue weighted by Gasteiger charge is -1.97. The van der Waals surface area contributed by atoms with E-state index < -0.39 is 28.1 Å². The second-order valence-electron chi connectivity index (χ2n) is 2.09. The number of ether oxygens (including phenoxy) is 1. The van der Waals surface area contributed by atoms with Crippen molar-refractivity contribution in [1.82, 2.24) is 14.9 Å². The van der Waals surface area contributed by atoms with Crippen molar-refractivity contribution >= 4 is 11.9 Å². The lowest BCUT2D eigenvalue weighted by molar-refractivity contribution is -0.394. The third kappa shape index (κ3) is 1.95. The normalized spacial score (nSPS) is 9.80. The summed E-state index contributed by atoms with van der Waals surface area (Å²) < 4.78 is 28.2. The van der Waals surface area contributed by atoms with Crippen molar-refractivity contribution in [2.24, 2.45) is 0 Å². The first-order valence-electron chi connectivity index (χ1n) is 3.29. The molecule has 0 aliphatic carbocycles. The van der Waals surface area contributed by atoms with Gasteiger partial charge in [0.2, 0.25) is 0 Å². The molecule has 1 rings (SSSR count). The maximum Gasteiger partial charge on any atom is 0.493 e. The van der Waals surface area contributed by atoms with Crippen molar-refractivity contribution in [1.29, 1.82) is 0 Å². The highest BCUT2D eigenvalue weighted by Gasteiger charge is 2.31. The molecule has 0 unspecified atom stereocenters. The molecular formula is C4H3F2N5O4. The second-order valence-corrected chi connectivity index (χ2v) is 2.09. The predicted molar refractivity (Wildman–Crippen MR) is 38.4 cm³/mol. The van der Waals surface area contributed by atoms with Crippen LogP contribution in [0, 0.1) is 10.1 Å². The Labute approximate surface area is 79.8 Å². The summed E-state index contributed by atoms with van der Waals surface area (Å²) in [5.74, 6) is -3.39. The number of aromatic nitrogens is 3. The van der Waals surface area contributed by atoms with Crippen molar-refractivity contribution in [2.75, 3.05) is 12.6 Å². The molecule has 82 valence electrons. The quantitative estimate of drug-likeness (QED) is 0.299. The fourth-order valence-electron chi connectivity index (χ4n) is 0.695. The molecule has 0 bridgehead atoms. The molecule has 1 heterocycles. The number of halogens is 2. The summed E-state index contributed by atoms with van der Waals surface area (Å²) in [7, 11) is 0.911. The van der Waals surface area contributed by atoms with Gasteiger partial charge in [0.05, 0.1) is 17.7 Å². The minimum Gasteiger partial charge on any atom is -0.462 e. The Morgan fingerprint density at radius 3 is 2.67 bits per heavy atom. The summed E-state index contributed by atoms with van der Waals surface area (Å²) in [6.45, 7) is 0. The Kier molecular flexibility index (Phi) is 2.73. The Morgan fingerprint density at radius 1 is 1.67 bits per heavy atom. The monoisotopic (exact) mass is 223 g/mol. The van der Waals surface area contributed by atoms with Crippen LogP contribution >= 0.6 is 0 Å². The molecule has 0 atom stereocenters. The van der Waals surface area contributed by atoms with Crippen molar-refractivity contribution in [3.63, 3.8) is 0 Å². The third-order valence-electron chi connectivity index (χ3n) is 1.25. The standard InChI is InChI=1S/C4H3F2N5O4/c1-15-3(12)2-7-4(10(13)14)8-9(2)11(5)6/h1H3. The SMILES string of the molecule is COC(=O)c1nc([N+](=O)[O-])nn1N(F)F. The molecule has 15 heavy (non-hydrogen) atoms. The highest BCUT2D eigenvalue weighted by atomic mass is 19.4. The molecule has 0 aromatic carbocycles. The van der Waals surface area contributed by atoms with Gasteiger partial charge in [0, 0.05) is 0 Å². The number of esters is 1. The van der Waals surface area contributed by atoms with E-state index >= 15 is 0 Å². The molecule has 1 aromatic heterocycles. The number of hydrogen-bond donors (Lipinski definition) is 0. The fraction of sp³-hybridized carbons (Fsp3) is 0.250. The highest BCUT2D eigenvalue weighted by molar-refractivity contribution is 5.85. The molecule has 0 radical (unpaired) electrons. The van der Waals surface area contributed by atoms with E-state index in [1.165, 1.54) is 0 Å². The van der Waals surface area contributed by atoms with Gasteiger partial charge in [0.1, 0.15) is 0 Å². The Balaban J connectivity index is 3.23. The number of rotatable bonds is 3. The maximum atomic E-state index is 12.1. The molecule has 11 heteroatoms. The first kappa shape index (κ1) is 10.7. The Bertz CT molecular complexity index is 404. The maximum absolute atomic E-state index is 12.1. The van der Waals surface area contributed by atoms with Crippen LogP contribution in [0.3, 0.4) is 0 Å². The van der Waals surface area contributed by atoms with Gasteiger partial charge in [-0.25, -0.2) is 4.79 Å². The minimum atomic E-state index is -1.63. The number of carbonyl (C=O) groups is 1. The Morgan fingerprint density at radius 2 is 2.27 bits per heavy atom. The number of nitrogens with zero attached hydrogens (tertiary/aromatic N) is 5. The van der Waals surface area contributed by atoms with E-state index in [2.05, 4.69) is 14.8 Å². The van der Waals surface area contributed by atoms with Crippen molar-refractivity contribution < 1.29 is 23.4 Å². The van der Waals surface area contributed by atoms with Gasteiger partial charge in [0.15, 0.2) is 0 Å². The number of carbonyl (C=O) groups excluding carboxylic acids is 1. The number of nitro groups is 1. The van der Waals surface area contributed by atoms with Gasteiger partial charge >= 0.3 is 17.7 Å². The van der Waals surface area contributed by atoms with Crippen LogP contribution in [0.5, 0.6) is 0 Å². The summed E-state index contributed by atoms with van der Waals surface area (Å²) >= 11 is 0. The Hall–Kier alpha value is -2.33. The largest absolute Gasteiger partial charge is 0.493 e. The summed E-state index contributed by atoms with van der Waals surface area (Å²) in [6.07, 6.45) is 0. The first-order chi connectivity index (χ1) is 6.97. The molecule has 0 amide bonds. The zero-order valence-electron chi connectivity index (χ0n) is 7.12. The molecule has 0 fully saturated rings. The van der Waals surface area contributed by atoms with Gasteiger partial charge in [-0.2, -0.15) is 0 Å². The van der Waals surface area contributed by atoms with E-state index in [1.54, 1.807) is 0 Å². The lowest BCUT2D eigenvalue weighted by Crippen LogP contribution is -2.23. The van der Waals surface area contributed by atoms with E-state index in [9.17, 15) is 23.9 Å².